The molecule has 1 saturated heterocycles. The lowest BCUT2D eigenvalue weighted by Gasteiger charge is -2.33. The van der Waals surface area contributed by atoms with Crippen molar-refractivity contribution in [2.45, 2.75) is 20.0 Å². The standard InChI is InChI=1S/C16H22N4O2S/c1-13-9-14(18-22-13)11-19-4-6-20(7-5-19)12-16(21)17-10-15-3-2-8-23-15/h2-3,8-9H,4-7,10-12H2,1H3,(H,17,21). The summed E-state index contributed by atoms with van der Waals surface area (Å²) in [6, 6.07) is 6.02. The smallest absolute Gasteiger partial charge is 0.234 e. The first-order valence-electron chi connectivity index (χ1n) is 7.85. The topological polar surface area (TPSA) is 61.6 Å². The second-order valence-electron chi connectivity index (χ2n) is 5.84. The summed E-state index contributed by atoms with van der Waals surface area (Å²) in [5.74, 6) is 0.944. The van der Waals surface area contributed by atoms with Gasteiger partial charge in [-0.2, -0.15) is 0 Å². The Morgan fingerprint density at radius 3 is 2.78 bits per heavy atom. The van der Waals surface area contributed by atoms with Crippen molar-refractivity contribution < 1.29 is 9.32 Å². The highest BCUT2D eigenvalue weighted by molar-refractivity contribution is 7.09. The van der Waals surface area contributed by atoms with E-state index in [0.717, 1.165) is 44.2 Å². The molecule has 7 heteroatoms. The normalized spacial score (nSPS) is 16.6. The van der Waals surface area contributed by atoms with Crippen LogP contribution in [0, 0.1) is 6.92 Å². The van der Waals surface area contributed by atoms with Crippen molar-refractivity contribution >= 4 is 17.2 Å². The molecule has 6 nitrogen and oxygen atoms in total. The Kier molecular flexibility index (Phi) is 5.43. The number of aromatic nitrogens is 1. The van der Waals surface area contributed by atoms with Crippen molar-refractivity contribution in [2.24, 2.45) is 0 Å². The third-order valence-corrected chi connectivity index (χ3v) is 4.81. The lowest BCUT2D eigenvalue weighted by atomic mass is 10.2. The Balaban J connectivity index is 1.36. The van der Waals surface area contributed by atoms with Crippen molar-refractivity contribution in [1.82, 2.24) is 20.3 Å². The van der Waals surface area contributed by atoms with Gasteiger partial charge in [0.2, 0.25) is 5.91 Å². The van der Waals surface area contributed by atoms with Crippen LogP contribution >= 0.6 is 11.3 Å². The van der Waals surface area contributed by atoms with Gasteiger partial charge in [0.25, 0.3) is 0 Å². The van der Waals surface area contributed by atoms with Gasteiger partial charge in [0.1, 0.15) is 5.76 Å². The molecule has 0 radical (unpaired) electrons. The molecule has 124 valence electrons. The summed E-state index contributed by atoms with van der Waals surface area (Å²) < 4.78 is 5.10. The number of piperazine rings is 1. The lowest BCUT2D eigenvalue weighted by Crippen LogP contribution is -2.49. The minimum atomic E-state index is 0.0963. The van der Waals surface area contributed by atoms with E-state index in [9.17, 15) is 4.79 Å². The predicted molar refractivity (Wildman–Crippen MR) is 89.1 cm³/mol. The highest BCUT2D eigenvalue weighted by atomic mass is 32.1. The highest BCUT2D eigenvalue weighted by Crippen LogP contribution is 2.09. The molecule has 1 fully saturated rings. The van der Waals surface area contributed by atoms with E-state index in [1.165, 1.54) is 4.88 Å². The van der Waals surface area contributed by atoms with Gasteiger partial charge >= 0.3 is 0 Å². The molecule has 2 aromatic heterocycles. The van der Waals surface area contributed by atoms with E-state index in [-0.39, 0.29) is 5.91 Å². The molecule has 0 atom stereocenters. The van der Waals surface area contributed by atoms with Gasteiger partial charge in [0.05, 0.1) is 18.8 Å². The molecule has 0 aromatic carbocycles. The van der Waals surface area contributed by atoms with Gasteiger partial charge in [-0.3, -0.25) is 14.6 Å². The molecule has 1 aliphatic heterocycles. The monoisotopic (exact) mass is 334 g/mol. The number of carbonyl (C=O) groups is 1. The van der Waals surface area contributed by atoms with Gasteiger partial charge in [0.15, 0.2) is 0 Å². The summed E-state index contributed by atoms with van der Waals surface area (Å²) >= 11 is 1.67. The first-order chi connectivity index (χ1) is 11.2. The van der Waals surface area contributed by atoms with Crippen LogP contribution in [0.1, 0.15) is 16.3 Å². The number of hydrogen-bond acceptors (Lipinski definition) is 6. The number of rotatable bonds is 6. The summed E-state index contributed by atoms with van der Waals surface area (Å²) in [4.78, 5) is 17.7. The van der Waals surface area contributed by atoms with E-state index in [1.54, 1.807) is 11.3 Å². The zero-order valence-electron chi connectivity index (χ0n) is 13.3. The van der Waals surface area contributed by atoms with E-state index in [0.29, 0.717) is 13.1 Å². The fraction of sp³-hybridized carbons (Fsp3) is 0.500. The van der Waals surface area contributed by atoms with Gasteiger partial charge in [-0.25, -0.2) is 0 Å². The lowest BCUT2D eigenvalue weighted by molar-refractivity contribution is -0.122. The van der Waals surface area contributed by atoms with Gasteiger partial charge in [-0.15, -0.1) is 11.3 Å². The van der Waals surface area contributed by atoms with E-state index in [2.05, 4.69) is 20.3 Å². The van der Waals surface area contributed by atoms with Crippen molar-refractivity contribution in [1.29, 1.82) is 0 Å². The number of amides is 1. The molecule has 3 heterocycles. The van der Waals surface area contributed by atoms with E-state index < -0.39 is 0 Å². The fourth-order valence-electron chi connectivity index (χ4n) is 2.68. The minimum Gasteiger partial charge on any atom is -0.361 e. The largest absolute Gasteiger partial charge is 0.361 e. The van der Waals surface area contributed by atoms with E-state index >= 15 is 0 Å². The minimum absolute atomic E-state index is 0.0963. The molecule has 0 saturated carbocycles. The molecule has 0 unspecified atom stereocenters. The number of nitrogens with zero attached hydrogens (tertiary/aromatic N) is 3. The molecule has 0 bridgehead atoms. The van der Waals surface area contributed by atoms with Crippen LogP contribution < -0.4 is 5.32 Å². The molecule has 2 aromatic rings. The number of aryl methyl sites for hydroxylation is 1. The summed E-state index contributed by atoms with van der Waals surface area (Å²) in [5, 5.41) is 9.04. The Morgan fingerprint density at radius 2 is 2.13 bits per heavy atom. The average Bonchev–Trinajstić information content (AvgIpc) is 3.19. The van der Waals surface area contributed by atoms with Crippen LogP contribution in [0.25, 0.3) is 0 Å². The Hall–Kier alpha value is -1.70. The van der Waals surface area contributed by atoms with Crippen LogP contribution in [0.5, 0.6) is 0 Å². The summed E-state index contributed by atoms with van der Waals surface area (Å²) in [5.41, 5.74) is 0.977. The zero-order valence-corrected chi connectivity index (χ0v) is 14.1. The predicted octanol–water partition coefficient (Wildman–Crippen LogP) is 1.48. The SMILES string of the molecule is Cc1cc(CN2CCN(CC(=O)NCc3cccs3)CC2)no1. The van der Waals surface area contributed by atoms with E-state index in [4.69, 9.17) is 4.52 Å². The second-order valence-corrected chi connectivity index (χ2v) is 6.87. The third-order valence-electron chi connectivity index (χ3n) is 3.93. The van der Waals surface area contributed by atoms with Gasteiger partial charge in [0, 0.05) is 43.7 Å². The molecule has 1 N–H and O–H groups in total. The Bertz CT molecular complexity index is 618. The average molecular weight is 334 g/mol. The molecule has 3 rings (SSSR count). The maximum atomic E-state index is 12.0. The van der Waals surface area contributed by atoms with E-state index in [1.807, 2.05) is 30.5 Å². The summed E-state index contributed by atoms with van der Waals surface area (Å²) in [6.45, 7) is 7.53. The van der Waals surface area contributed by atoms with Crippen molar-refractivity contribution in [3.05, 3.63) is 39.9 Å². The second kappa shape index (κ2) is 7.72. The van der Waals surface area contributed by atoms with Crippen molar-refractivity contribution in [3.63, 3.8) is 0 Å². The van der Waals surface area contributed by atoms with Crippen LogP contribution in [-0.2, 0) is 17.9 Å². The van der Waals surface area contributed by atoms with Crippen molar-refractivity contribution in [2.75, 3.05) is 32.7 Å². The molecule has 0 aliphatic carbocycles. The Morgan fingerprint density at radius 1 is 1.35 bits per heavy atom. The van der Waals surface area contributed by atoms with Crippen LogP contribution in [0.2, 0.25) is 0 Å². The fourth-order valence-corrected chi connectivity index (χ4v) is 3.33. The van der Waals surface area contributed by atoms with Crippen LogP contribution in [0.15, 0.2) is 28.1 Å². The molecule has 1 aliphatic rings. The first kappa shape index (κ1) is 16.2. The summed E-state index contributed by atoms with van der Waals surface area (Å²) in [7, 11) is 0. The van der Waals surface area contributed by atoms with Gasteiger partial charge in [-0.05, 0) is 18.4 Å². The number of carbonyl (C=O) groups excluding carboxylic acids is 1. The molecule has 1 amide bonds. The van der Waals surface area contributed by atoms with Crippen LogP contribution in [0.4, 0.5) is 0 Å². The molecule has 23 heavy (non-hydrogen) atoms. The summed E-state index contributed by atoms with van der Waals surface area (Å²) in [6.07, 6.45) is 0. The highest BCUT2D eigenvalue weighted by Gasteiger charge is 2.19. The Labute approximate surface area is 140 Å². The van der Waals surface area contributed by atoms with Crippen LogP contribution in [-0.4, -0.2) is 53.6 Å². The number of thiophene rings is 1. The quantitative estimate of drug-likeness (QED) is 0.867. The first-order valence-corrected chi connectivity index (χ1v) is 8.73. The van der Waals surface area contributed by atoms with Gasteiger partial charge < -0.3 is 9.84 Å². The number of nitrogens with one attached hydrogen (secondary N) is 1. The third kappa shape index (κ3) is 4.89. The van der Waals surface area contributed by atoms with Gasteiger partial charge in [-0.1, -0.05) is 11.2 Å². The molecular weight excluding hydrogens is 312 g/mol. The van der Waals surface area contributed by atoms with Crippen LogP contribution in [0.3, 0.4) is 0 Å². The van der Waals surface area contributed by atoms with Crippen molar-refractivity contribution in [3.8, 4) is 0 Å². The molecular formula is C16H22N4O2S. The maximum absolute atomic E-state index is 12.0. The number of hydrogen-bond donors (Lipinski definition) is 1. The zero-order chi connectivity index (χ0) is 16.1. The maximum Gasteiger partial charge on any atom is 0.234 e. The molecule has 0 spiro atoms.